The molecule has 1 saturated heterocycles. The number of nitrogens with one attached hydrogen (secondary N) is 1. The third-order valence-corrected chi connectivity index (χ3v) is 5.50. The topological polar surface area (TPSA) is 64.7 Å². The van der Waals surface area contributed by atoms with Crippen molar-refractivity contribution in [3.05, 3.63) is 59.0 Å². The summed E-state index contributed by atoms with van der Waals surface area (Å²) in [5, 5.41) is 8.79. The smallest absolute Gasteiger partial charge is 0.261 e. The molecule has 0 unspecified atom stereocenters. The number of halogens is 1. The molecule has 7 heteroatoms. The second-order valence-corrected chi connectivity index (χ2v) is 7.37. The van der Waals surface area contributed by atoms with Gasteiger partial charge >= 0.3 is 0 Å². The first-order valence-electron chi connectivity index (χ1n) is 9.45. The lowest BCUT2D eigenvalue weighted by Gasteiger charge is -2.24. The molecule has 2 aromatic carbocycles. The van der Waals surface area contributed by atoms with E-state index in [1.807, 2.05) is 18.2 Å². The molecule has 2 aromatic heterocycles. The largest absolute Gasteiger partial charge is 0.317 e. The summed E-state index contributed by atoms with van der Waals surface area (Å²) < 4.78 is 17.8. The van der Waals surface area contributed by atoms with Crippen LogP contribution in [0.3, 0.4) is 0 Å². The average Bonchev–Trinajstić information content (AvgIpc) is 3.09. The molecule has 6 nitrogen and oxygen atoms in total. The van der Waals surface area contributed by atoms with Gasteiger partial charge in [-0.2, -0.15) is 5.10 Å². The summed E-state index contributed by atoms with van der Waals surface area (Å²) in [6.07, 6.45) is 5.29. The minimum absolute atomic E-state index is 0.0163. The molecule has 5 rings (SSSR count). The van der Waals surface area contributed by atoms with Gasteiger partial charge in [0.25, 0.3) is 5.56 Å². The van der Waals surface area contributed by atoms with E-state index in [2.05, 4.69) is 15.4 Å². The van der Waals surface area contributed by atoms with Gasteiger partial charge in [-0.15, -0.1) is 0 Å². The Hall–Kier alpha value is -3.06. The molecule has 28 heavy (non-hydrogen) atoms. The van der Waals surface area contributed by atoms with Gasteiger partial charge < -0.3 is 5.32 Å². The van der Waals surface area contributed by atoms with E-state index in [1.54, 1.807) is 34.9 Å². The maximum absolute atomic E-state index is 14.4. The van der Waals surface area contributed by atoms with Gasteiger partial charge in [0.15, 0.2) is 5.82 Å². The first-order valence-corrected chi connectivity index (χ1v) is 9.45. The summed E-state index contributed by atoms with van der Waals surface area (Å²) in [5.41, 5.74) is 2.53. The van der Waals surface area contributed by atoms with Crippen molar-refractivity contribution in [2.75, 3.05) is 13.1 Å². The lowest BCUT2D eigenvalue weighted by molar-refractivity contribution is 0.359. The van der Waals surface area contributed by atoms with Gasteiger partial charge in [-0.1, -0.05) is 6.07 Å². The third-order valence-electron chi connectivity index (χ3n) is 5.50. The fraction of sp³-hybridized carbons (Fsp3) is 0.286. The van der Waals surface area contributed by atoms with E-state index in [0.29, 0.717) is 16.4 Å². The molecular weight excluding hydrogens is 357 g/mol. The predicted octanol–water partition coefficient (Wildman–Crippen LogP) is 3.01. The molecule has 3 heterocycles. The summed E-state index contributed by atoms with van der Waals surface area (Å²) in [6.45, 7) is 1.83. The molecule has 1 fully saturated rings. The summed E-state index contributed by atoms with van der Waals surface area (Å²) in [7, 11) is 1.77. The summed E-state index contributed by atoms with van der Waals surface area (Å²) in [6, 6.07) is 9.07. The van der Waals surface area contributed by atoms with Crippen LogP contribution in [0.25, 0.3) is 32.9 Å². The standard InChI is InChI=1S/C21H20FN5O/c1-26-11-15-8-14(9-18(22)20(15)25-26)13-2-3-17-19(10-13)24-12-27(21(17)28)16-4-6-23-7-5-16/h2-3,8-12,16,23H,4-7H2,1H3. The molecular formula is C21H20FN5O. The van der Waals surface area contributed by atoms with Crippen LogP contribution in [0.5, 0.6) is 0 Å². The van der Waals surface area contributed by atoms with Gasteiger partial charge in [-0.05, 0) is 61.3 Å². The van der Waals surface area contributed by atoms with Crippen LogP contribution in [-0.2, 0) is 7.05 Å². The second-order valence-electron chi connectivity index (χ2n) is 7.37. The summed E-state index contributed by atoms with van der Waals surface area (Å²) in [5.74, 6) is -0.359. The predicted molar refractivity (Wildman–Crippen MR) is 107 cm³/mol. The van der Waals surface area contributed by atoms with Crippen molar-refractivity contribution in [2.24, 2.45) is 7.05 Å². The van der Waals surface area contributed by atoms with Gasteiger partial charge in [-0.25, -0.2) is 9.37 Å². The van der Waals surface area contributed by atoms with Crippen LogP contribution in [0.15, 0.2) is 47.7 Å². The number of benzene rings is 2. The van der Waals surface area contributed by atoms with Gasteiger partial charge in [-0.3, -0.25) is 14.0 Å². The highest BCUT2D eigenvalue weighted by molar-refractivity contribution is 5.88. The van der Waals surface area contributed by atoms with Crippen LogP contribution in [-0.4, -0.2) is 32.4 Å². The lowest BCUT2D eigenvalue weighted by Crippen LogP contribution is -2.34. The molecule has 1 aliphatic rings. The van der Waals surface area contributed by atoms with E-state index >= 15 is 0 Å². The van der Waals surface area contributed by atoms with Gasteiger partial charge in [0.1, 0.15) is 5.52 Å². The minimum Gasteiger partial charge on any atom is -0.317 e. The Labute approximate surface area is 160 Å². The van der Waals surface area contributed by atoms with Gasteiger partial charge in [0, 0.05) is 24.7 Å². The first kappa shape index (κ1) is 17.1. The zero-order valence-electron chi connectivity index (χ0n) is 15.5. The van der Waals surface area contributed by atoms with Crippen molar-refractivity contribution in [1.82, 2.24) is 24.6 Å². The minimum atomic E-state index is -0.359. The normalized spacial score (nSPS) is 15.5. The molecule has 0 saturated carbocycles. The molecule has 4 aromatic rings. The van der Waals surface area contributed by atoms with Crippen LogP contribution in [0, 0.1) is 5.82 Å². The Morgan fingerprint density at radius 2 is 1.96 bits per heavy atom. The third kappa shape index (κ3) is 2.79. The molecule has 0 aliphatic carbocycles. The van der Waals surface area contributed by atoms with Crippen molar-refractivity contribution in [3.63, 3.8) is 0 Å². The number of aryl methyl sites for hydroxylation is 1. The monoisotopic (exact) mass is 377 g/mol. The molecule has 1 N–H and O–H groups in total. The number of hydrogen-bond acceptors (Lipinski definition) is 4. The van der Waals surface area contributed by atoms with Crippen molar-refractivity contribution in [1.29, 1.82) is 0 Å². The summed E-state index contributed by atoms with van der Waals surface area (Å²) in [4.78, 5) is 17.5. The molecule has 142 valence electrons. The summed E-state index contributed by atoms with van der Waals surface area (Å²) >= 11 is 0. The van der Waals surface area contributed by atoms with E-state index in [-0.39, 0.29) is 17.4 Å². The van der Waals surface area contributed by atoms with E-state index in [9.17, 15) is 9.18 Å². The highest BCUT2D eigenvalue weighted by atomic mass is 19.1. The Bertz CT molecular complexity index is 1250. The van der Waals surface area contributed by atoms with E-state index in [1.165, 1.54) is 6.07 Å². The van der Waals surface area contributed by atoms with Gasteiger partial charge in [0.2, 0.25) is 0 Å². The fourth-order valence-corrected chi connectivity index (χ4v) is 4.04. The maximum atomic E-state index is 14.4. The molecule has 0 radical (unpaired) electrons. The first-order chi connectivity index (χ1) is 13.6. The van der Waals surface area contributed by atoms with E-state index < -0.39 is 0 Å². The quantitative estimate of drug-likeness (QED) is 0.583. The Kier molecular flexibility index (Phi) is 3.98. The molecule has 0 spiro atoms. The van der Waals surface area contributed by atoms with Crippen molar-refractivity contribution >= 4 is 21.8 Å². The molecule has 0 atom stereocenters. The van der Waals surface area contributed by atoms with E-state index in [4.69, 9.17) is 0 Å². The number of rotatable bonds is 2. The maximum Gasteiger partial charge on any atom is 0.261 e. The molecule has 0 bridgehead atoms. The SMILES string of the molecule is Cn1cc2cc(-c3ccc4c(=O)n(C5CCNCC5)cnc4c3)cc(F)c2n1. The lowest BCUT2D eigenvalue weighted by atomic mass is 10.0. The number of fused-ring (bicyclic) bond motifs is 2. The number of hydrogen-bond donors (Lipinski definition) is 1. The second kappa shape index (κ2) is 6.53. The van der Waals surface area contributed by atoms with Crippen LogP contribution in [0.1, 0.15) is 18.9 Å². The number of aromatic nitrogens is 4. The highest BCUT2D eigenvalue weighted by Gasteiger charge is 2.17. The van der Waals surface area contributed by atoms with Crippen molar-refractivity contribution in [3.8, 4) is 11.1 Å². The zero-order chi connectivity index (χ0) is 19.3. The Morgan fingerprint density at radius 1 is 1.14 bits per heavy atom. The molecule has 0 amide bonds. The number of piperidine rings is 1. The van der Waals surface area contributed by atoms with Crippen LogP contribution >= 0.6 is 0 Å². The highest BCUT2D eigenvalue weighted by Crippen LogP contribution is 2.28. The Morgan fingerprint density at radius 3 is 2.79 bits per heavy atom. The fourth-order valence-electron chi connectivity index (χ4n) is 4.04. The van der Waals surface area contributed by atoms with Crippen LogP contribution in [0.2, 0.25) is 0 Å². The van der Waals surface area contributed by atoms with Gasteiger partial charge in [0.05, 0.1) is 17.2 Å². The average molecular weight is 377 g/mol. The van der Waals surface area contributed by atoms with E-state index in [0.717, 1.165) is 42.4 Å². The van der Waals surface area contributed by atoms with Crippen LogP contribution < -0.4 is 10.9 Å². The molecule has 1 aliphatic heterocycles. The van der Waals surface area contributed by atoms with Crippen LogP contribution in [0.4, 0.5) is 4.39 Å². The number of nitrogens with zero attached hydrogens (tertiary/aromatic N) is 4. The van der Waals surface area contributed by atoms with Crippen molar-refractivity contribution in [2.45, 2.75) is 18.9 Å². The Balaban J connectivity index is 1.59. The zero-order valence-corrected chi connectivity index (χ0v) is 15.5. The van der Waals surface area contributed by atoms with Crippen molar-refractivity contribution < 1.29 is 4.39 Å².